The number of nitrogens with one attached hydrogen (secondary N) is 2. The fourth-order valence-electron chi connectivity index (χ4n) is 3.83. The number of anilines is 1. The van der Waals surface area contributed by atoms with E-state index in [1.807, 2.05) is 18.2 Å². The van der Waals surface area contributed by atoms with Gasteiger partial charge in [0, 0.05) is 24.6 Å². The SMILES string of the molecule is COc1ccccc1NC(=O)NCC1OC(Cc2cc(-c3cccc(O)c3)on2)CCC1O. The summed E-state index contributed by atoms with van der Waals surface area (Å²) < 4.78 is 16.7. The Morgan fingerprint density at radius 3 is 2.85 bits per heavy atom. The predicted molar refractivity (Wildman–Crippen MR) is 121 cm³/mol. The number of carbonyl (C=O) groups is 1. The molecule has 4 rings (SSSR count). The molecule has 1 aliphatic heterocycles. The van der Waals surface area contributed by atoms with Crippen molar-refractivity contribution in [1.82, 2.24) is 10.5 Å². The Labute approximate surface area is 191 Å². The third-order valence-electron chi connectivity index (χ3n) is 5.53. The van der Waals surface area contributed by atoms with Crippen molar-refractivity contribution in [2.45, 2.75) is 37.6 Å². The monoisotopic (exact) mass is 453 g/mol. The number of aromatic hydroxyl groups is 1. The van der Waals surface area contributed by atoms with Crippen LogP contribution in [0.5, 0.6) is 11.5 Å². The number of hydrogen-bond donors (Lipinski definition) is 4. The highest BCUT2D eigenvalue weighted by Gasteiger charge is 2.31. The van der Waals surface area contributed by atoms with Crippen molar-refractivity contribution >= 4 is 11.7 Å². The van der Waals surface area contributed by atoms with Crippen molar-refractivity contribution in [1.29, 1.82) is 0 Å². The second kappa shape index (κ2) is 10.4. The highest BCUT2D eigenvalue weighted by molar-refractivity contribution is 5.90. The molecule has 2 heterocycles. The molecule has 1 saturated heterocycles. The molecule has 3 atom stereocenters. The molecule has 2 amide bonds. The van der Waals surface area contributed by atoms with Crippen molar-refractivity contribution < 1.29 is 29.0 Å². The zero-order valence-corrected chi connectivity index (χ0v) is 18.2. The number of nitrogens with zero attached hydrogens (tertiary/aromatic N) is 1. The summed E-state index contributed by atoms with van der Waals surface area (Å²) in [6.45, 7) is 0.159. The molecule has 0 spiro atoms. The lowest BCUT2D eigenvalue weighted by molar-refractivity contribution is -0.113. The van der Waals surface area contributed by atoms with E-state index in [0.29, 0.717) is 36.5 Å². The molecule has 2 aromatic carbocycles. The molecule has 4 N–H and O–H groups in total. The summed E-state index contributed by atoms with van der Waals surface area (Å²) in [5.74, 6) is 1.27. The number of phenols is 1. The molecule has 3 aromatic rings. The van der Waals surface area contributed by atoms with Gasteiger partial charge in [-0.3, -0.25) is 0 Å². The van der Waals surface area contributed by atoms with Gasteiger partial charge in [-0.15, -0.1) is 0 Å². The number of carbonyl (C=O) groups excluding carboxylic acids is 1. The lowest BCUT2D eigenvalue weighted by Gasteiger charge is -2.33. The first kappa shape index (κ1) is 22.6. The first-order valence-corrected chi connectivity index (χ1v) is 10.8. The second-order valence-electron chi connectivity index (χ2n) is 7.91. The minimum absolute atomic E-state index is 0.153. The maximum Gasteiger partial charge on any atom is 0.319 e. The minimum atomic E-state index is -0.673. The Morgan fingerprint density at radius 2 is 2.03 bits per heavy atom. The van der Waals surface area contributed by atoms with E-state index in [-0.39, 0.29) is 18.4 Å². The van der Waals surface area contributed by atoms with Crippen molar-refractivity contribution in [3.8, 4) is 22.8 Å². The second-order valence-corrected chi connectivity index (χ2v) is 7.91. The first-order valence-electron chi connectivity index (χ1n) is 10.8. The maximum atomic E-state index is 12.3. The third kappa shape index (κ3) is 5.82. The van der Waals surface area contributed by atoms with Crippen molar-refractivity contribution in [2.24, 2.45) is 0 Å². The van der Waals surface area contributed by atoms with E-state index >= 15 is 0 Å². The van der Waals surface area contributed by atoms with Crippen LogP contribution in [-0.2, 0) is 11.2 Å². The van der Waals surface area contributed by atoms with Gasteiger partial charge in [-0.2, -0.15) is 0 Å². The first-order chi connectivity index (χ1) is 16.0. The Balaban J connectivity index is 1.30. The quantitative estimate of drug-likeness (QED) is 0.432. The van der Waals surface area contributed by atoms with Gasteiger partial charge in [-0.05, 0) is 37.1 Å². The van der Waals surface area contributed by atoms with Crippen LogP contribution < -0.4 is 15.4 Å². The highest BCUT2D eigenvalue weighted by atomic mass is 16.5. The van der Waals surface area contributed by atoms with Gasteiger partial charge >= 0.3 is 6.03 Å². The van der Waals surface area contributed by atoms with Gasteiger partial charge < -0.3 is 34.8 Å². The number of methoxy groups -OCH3 is 1. The number of ether oxygens (including phenoxy) is 2. The van der Waals surface area contributed by atoms with Gasteiger partial charge in [0.25, 0.3) is 0 Å². The van der Waals surface area contributed by atoms with Gasteiger partial charge in [0.15, 0.2) is 5.76 Å². The minimum Gasteiger partial charge on any atom is -0.508 e. The van der Waals surface area contributed by atoms with Crippen molar-refractivity contribution in [3.63, 3.8) is 0 Å². The lowest BCUT2D eigenvalue weighted by atomic mass is 9.98. The van der Waals surface area contributed by atoms with E-state index in [2.05, 4.69) is 15.8 Å². The van der Waals surface area contributed by atoms with Crippen molar-refractivity contribution in [2.75, 3.05) is 19.0 Å². The van der Waals surface area contributed by atoms with Crippen LogP contribution in [0.4, 0.5) is 10.5 Å². The van der Waals surface area contributed by atoms with Gasteiger partial charge in [-0.25, -0.2) is 4.79 Å². The van der Waals surface area contributed by atoms with E-state index in [4.69, 9.17) is 14.0 Å². The summed E-state index contributed by atoms with van der Waals surface area (Å²) in [5, 5.41) is 29.6. The van der Waals surface area contributed by atoms with Gasteiger partial charge in [0.1, 0.15) is 17.6 Å². The Hall–Kier alpha value is -3.56. The molecule has 9 nitrogen and oxygen atoms in total. The lowest BCUT2D eigenvalue weighted by Crippen LogP contribution is -2.47. The third-order valence-corrected chi connectivity index (χ3v) is 5.53. The van der Waals surface area contributed by atoms with E-state index in [1.54, 1.807) is 36.4 Å². The Bertz CT molecular complexity index is 1090. The summed E-state index contributed by atoms with van der Waals surface area (Å²) in [7, 11) is 1.53. The highest BCUT2D eigenvalue weighted by Crippen LogP contribution is 2.27. The molecule has 174 valence electrons. The number of rotatable bonds is 7. The molecule has 3 unspecified atom stereocenters. The molecule has 33 heavy (non-hydrogen) atoms. The smallest absolute Gasteiger partial charge is 0.319 e. The summed E-state index contributed by atoms with van der Waals surface area (Å²) in [6, 6.07) is 15.3. The average Bonchev–Trinajstić information content (AvgIpc) is 3.28. The van der Waals surface area contributed by atoms with Crippen LogP contribution in [0, 0.1) is 0 Å². The van der Waals surface area contributed by atoms with E-state index in [0.717, 1.165) is 11.3 Å². The fourth-order valence-corrected chi connectivity index (χ4v) is 3.83. The van der Waals surface area contributed by atoms with Crippen LogP contribution in [-0.4, -0.2) is 53.4 Å². The number of aromatic nitrogens is 1. The van der Waals surface area contributed by atoms with Crippen LogP contribution in [0.3, 0.4) is 0 Å². The maximum absolute atomic E-state index is 12.3. The Morgan fingerprint density at radius 1 is 1.18 bits per heavy atom. The Kier molecular flexibility index (Phi) is 7.11. The number of benzene rings is 2. The number of hydrogen-bond acceptors (Lipinski definition) is 7. The van der Waals surface area contributed by atoms with Crippen LogP contribution in [0.1, 0.15) is 18.5 Å². The zero-order chi connectivity index (χ0) is 23.2. The predicted octanol–water partition coefficient (Wildman–Crippen LogP) is 3.33. The molecule has 1 aromatic heterocycles. The molecule has 0 bridgehead atoms. The standard InChI is InChI=1S/C24H27N3O6/c1-31-21-8-3-2-7-19(21)26-24(30)25-14-23-20(29)10-9-18(32-23)12-16-13-22(33-27-16)15-5-4-6-17(28)11-15/h2-8,11,13,18,20,23,28-29H,9-10,12,14H2,1H3,(H2,25,26,30). The van der Waals surface area contributed by atoms with E-state index in [9.17, 15) is 15.0 Å². The number of amides is 2. The molecule has 0 radical (unpaired) electrons. The molecule has 9 heteroatoms. The number of aliphatic hydroxyl groups is 1. The van der Waals surface area contributed by atoms with E-state index in [1.165, 1.54) is 7.11 Å². The number of urea groups is 1. The van der Waals surface area contributed by atoms with Gasteiger partial charge in [0.05, 0.1) is 30.7 Å². The topological polar surface area (TPSA) is 126 Å². The van der Waals surface area contributed by atoms with Gasteiger partial charge in [0.2, 0.25) is 0 Å². The average molecular weight is 453 g/mol. The van der Waals surface area contributed by atoms with Crippen molar-refractivity contribution in [3.05, 3.63) is 60.3 Å². The number of para-hydroxylation sites is 2. The van der Waals surface area contributed by atoms with Crippen LogP contribution in [0.25, 0.3) is 11.3 Å². The molecule has 0 aliphatic carbocycles. The van der Waals surface area contributed by atoms with Crippen LogP contribution in [0.15, 0.2) is 59.1 Å². The largest absolute Gasteiger partial charge is 0.508 e. The summed E-state index contributed by atoms with van der Waals surface area (Å²) in [6.07, 6.45) is 0.359. The van der Waals surface area contributed by atoms with Crippen LogP contribution >= 0.6 is 0 Å². The fraction of sp³-hybridized carbons (Fsp3) is 0.333. The summed E-state index contributed by atoms with van der Waals surface area (Å²) >= 11 is 0. The number of phenolic OH excluding ortho intramolecular Hbond substituents is 1. The summed E-state index contributed by atoms with van der Waals surface area (Å²) in [5.41, 5.74) is 2.00. The van der Waals surface area contributed by atoms with E-state index < -0.39 is 18.2 Å². The number of aliphatic hydroxyl groups excluding tert-OH is 1. The molecular formula is C24H27N3O6. The molecule has 1 aliphatic rings. The molecular weight excluding hydrogens is 426 g/mol. The zero-order valence-electron chi connectivity index (χ0n) is 18.2. The molecule has 0 saturated carbocycles. The van der Waals surface area contributed by atoms with Crippen LogP contribution in [0.2, 0.25) is 0 Å². The summed E-state index contributed by atoms with van der Waals surface area (Å²) in [4.78, 5) is 12.3. The normalized spacial score (nSPS) is 20.2. The van der Waals surface area contributed by atoms with Gasteiger partial charge in [-0.1, -0.05) is 29.4 Å². The molecule has 1 fully saturated rings.